The zero-order valence-electron chi connectivity index (χ0n) is 19.9. The highest BCUT2D eigenvalue weighted by Crippen LogP contribution is 2.42. The highest BCUT2D eigenvalue weighted by molar-refractivity contribution is 14.1. The van der Waals surface area contributed by atoms with Crippen molar-refractivity contribution in [2.45, 2.75) is 58.2 Å². The van der Waals surface area contributed by atoms with Gasteiger partial charge in [-0.05, 0) is 63.0 Å². The number of rotatable bonds is 9. The van der Waals surface area contributed by atoms with Crippen LogP contribution in [0.1, 0.15) is 47.1 Å². The van der Waals surface area contributed by atoms with Crippen LogP contribution in [0.4, 0.5) is 5.69 Å². The Kier molecular flexibility index (Phi) is 9.52. The molecule has 0 aromatic heterocycles. The molecule has 1 amide bonds. The molecule has 0 bridgehead atoms. The van der Waals surface area contributed by atoms with Gasteiger partial charge in [-0.15, -0.1) is 0 Å². The maximum absolute atomic E-state index is 13.6. The van der Waals surface area contributed by atoms with Crippen LogP contribution in [-0.4, -0.2) is 27.9 Å². The van der Waals surface area contributed by atoms with Crippen LogP contribution in [-0.2, 0) is 9.22 Å². The molecule has 0 fully saturated rings. The van der Waals surface area contributed by atoms with Crippen molar-refractivity contribution in [1.82, 2.24) is 0 Å². The lowest BCUT2D eigenvalue weighted by molar-refractivity contribution is -0.113. The van der Waals surface area contributed by atoms with Crippen molar-refractivity contribution in [2.75, 3.05) is 18.6 Å². The summed E-state index contributed by atoms with van der Waals surface area (Å²) >= 11 is 2.28. The van der Waals surface area contributed by atoms with Gasteiger partial charge in [0, 0.05) is 16.2 Å². The van der Waals surface area contributed by atoms with Crippen molar-refractivity contribution < 1.29 is 9.22 Å². The van der Waals surface area contributed by atoms with E-state index in [1.807, 2.05) is 67.7 Å². The molecule has 2 aromatic carbocycles. The first kappa shape index (κ1) is 25.8. The van der Waals surface area contributed by atoms with Gasteiger partial charge in [0.15, 0.2) is 0 Å². The lowest BCUT2D eigenvalue weighted by atomic mass is 10.0. The molecule has 0 aliphatic carbocycles. The Morgan fingerprint density at radius 1 is 0.935 bits per heavy atom. The number of carbonyl (C=O) groups is 1. The molecule has 0 atom stereocenters. The van der Waals surface area contributed by atoms with Gasteiger partial charge in [-0.25, -0.2) is 0 Å². The second-order valence-corrected chi connectivity index (χ2v) is 15.6. The molecule has 0 aliphatic heterocycles. The highest BCUT2D eigenvalue weighted by Gasteiger charge is 2.44. The summed E-state index contributed by atoms with van der Waals surface area (Å²) in [6.45, 7) is 14.1. The first-order chi connectivity index (χ1) is 14.6. The smallest absolute Gasteiger partial charge is 0.258 e. The number of anilines is 1. The van der Waals surface area contributed by atoms with E-state index in [1.54, 1.807) is 4.90 Å². The van der Waals surface area contributed by atoms with E-state index in [0.29, 0.717) is 28.8 Å². The summed E-state index contributed by atoms with van der Waals surface area (Å²) in [5.74, 6) is -0.0233. The minimum absolute atomic E-state index is 0.0233. The number of para-hydroxylation sites is 1. The van der Waals surface area contributed by atoms with Crippen LogP contribution in [0, 0.1) is 3.57 Å². The zero-order chi connectivity index (χ0) is 23.2. The second kappa shape index (κ2) is 11.4. The van der Waals surface area contributed by atoms with Crippen LogP contribution in [0.15, 0.2) is 60.7 Å². The molecule has 0 aliphatic rings. The van der Waals surface area contributed by atoms with Crippen LogP contribution < -0.4 is 4.90 Å². The minimum atomic E-state index is -2.00. The summed E-state index contributed by atoms with van der Waals surface area (Å²) in [5, 5.41) is 0. The van der Waals surface area contributed by atoms with Gasteiger partial charge in [-0.1, -0.05) is 84.0 Å². The topological polar surface area (TPSA) is 29.5 Å². The normalized spacial score (nSPS) is 12.7. The van der Waals surface area contributed by atoms with Crippen LogP contribution in [0.3, 0.4) is 0 Å². The third-order valence-electron chi connectivity index (χ3n) is 6.16. The standard InChI is InChI=1S/C26H36INO2Si/c1-19(2)31(20(3)4,21(5)6)30-18-17-23(22-13-9-8-10-14-22)26(29)28(7)25-16-12-11-15-24(25)27/h8-17,19-21H,18H2,1-7H3/b23-17+. The Hall–Kier alpha value is -1.44. The first-order valence-corrected chi connectivity index (χ1v) is 14.3. The van der Waals surface area contributed by atoms with E-state index in [1.165, 1.54) is 0 Å². The summed E-state index contributed by atoms with van der Waals surface area (Å²) < 4.78 is 7.76. The molecule has 3 nitrogen and oxygen atoms in total. The number of carbonyl (C=O) groups excluding carboxylic acids is 1. The molecular formula is C26H36INO2Si. The van der Waals surface area contributed by atoms with Gasteiger partial charge in [0.25, 0.3) is 5.91 Å². The predicted octanol–water partition coefficient (Wildman–Crippen LogP) is 7.53. The molecule has 168 valence electrons. The number of hydrogen-bond acceptors (Lipinski definition) is 2. The Morgan fingerprint density at radius 3 is 1.97 bits per heavy atom. The van der Waals surface area contributed by atoms with Crippen LogP contribution in [0.25, 0.3) is 5.57 Å². The lowest BCUT2D eigenvalue weighted by Gasteiger charge is -2.42. The molecule has 31 heavy (non-hydrogen) atoms. The van der Waals surface area contributed by atoms with E-state index in [9.17, 15) is 4.79 Å². The quantitative estimate of drug-likeness (QED) is 0.184. The van der Waals surface area contributed by atoms with E-state index in [-0.39, 0.29) is 5.91 Å². The average Bonchev–Trinajstić information content (AvgIpc) is 2.73. The number of hydrogen-bond donors (Lipinski definition) is 0. The van der Waals surface area contributed by atoms with Gasteiger partial charge in [0.2, 0.25) is 8.32 Å². The monoisotopic (exact) mass is 549 g/mol. The lowest BCUT2D eigenvalue weighted by Crippen LogP contribution is -2.47. The zero-order valence-corrected chi connectivity index (χ0v) is 23.0. The van der Waals surface area contributed by atoms with Gasteiger partial charge in [-0.3, -0.25) is 4.79 Å². The van der Waals surface area contributed by atoms with Gasteiger partial charge >= 0.3 is 0 Å². The largest absolute Gasteiger partial charge is 0.412 e. The number of benzene rings is 2. The third-order valence-corrected chi connectivity index (χ3v) is 13.2. The Morgan fingerprint density at radius 2 is 1.45 bits per heavy atom. The van der Waals surface area contributed by atoms with Crippen molar-refractivity contribution in [1.29, 1.82) is 0 Å². The maximum atomic E-state index is 13.6. The Labute approximate surface area is 203 Å². The molecule has 0 unspecified atom stereocenters. The van der Waals surface area contributed by atoms with Crippen molar-refractivity contribution in [3.8, 4) is 0 Å². The summed E-state index contributed by atoms with van der Waals surface area (Å²) in [6, 6.07) is 17.8. The van der Waals surface area contributed by atoms with Crippen LogP contribution in [0.2, 0.25) is 16.6 Å². The van der Waals surface area contributed by atoms with Gasteiger partial charge in [0.05, 0.1) is 12.3 Å². The number of amides is 1. The predicted molar refractivity (Wildman–Crippen MR) is 144 cm³/mol. The summed E-state index contributed by atoms with van der Waals surface area (Å²) in [4.78, 5) is 15.3. The Balaban J connectivity index is 2.40. The molecule has 0 spiro atoms. The first-order valence-electron chi connectivity index (χ1n) is 11.0. The second-order valence-electron chi connectivity index (χ2n) is 8.93. The van der Waals surface area contributed by atoms with Gasteiger partial charge < -0.3 is 9.33 Å². The highest BCUT2D eigenvalue weighted by atomic mass is 127. The van der Waals surface area contributed by atoms with Crippen molar-refractivity contribution in [3.05, 3.63) is 69.8 Å². The molecular weight excluding hydrogens is 513 g/mol. The average molecular weight is 550 g/mol. The Bertz CT molecular complexity index is 872. The van der Waals surface area contributed by atoms with Crippen molar-refractivity contribution in [3.63, 3.8) is 0 Å². The number of nitrogens with zero attached hydrogens (tertiary/aromatic N) is 1. The van der Waals surface area contributed by atoms with Crippen molar-refractivity contribution >= 4 is 48.1 Å². The summed E-state index contributed by atoms with van der Waals surface area (Å²) in [6.07, 6.45) is 1.98. The van der Waals surface area contributed by atoms with Crippen LogP contribution >= 0.6 is 22.6 Å². The number of likely N-dealkylation sites (N-methyl/N-ethyl adjacent to an activating group) is 1. The summed E-state index contributed by atoms with van der Waals surface area (Å²) in [7, 11) is -0.161. The van der Waals surface area contributed by atoms with E-state index in [2.05, 4.69) is 64.1 Å². The molecule has 0 N–H and O–H groups in total. The SMILES string of the molecule is CC(C)[Si](OC/C=C(/C(=O)N(C)c1ccccc1I)c1ccccc1)(C(C)C)C(C)C. The minimum Gasteiger partial charge on any atom is -0.412 e. The van der Waals surface area contributed by atoms with Gasteiger partial charge in [0.1, 0.15) is 0 Å². The third kappa shape index (κ3) is 5.87. The molecule has 0 heterocycles. The molecule has 2 rings (SSSR count). The van der Waals surface area contributed by atoms with Gasteiger partial charge in [-0.2, -0.15) is 0 Å². The van der Waals surface area contributed by atoms with E-state index >= 15 is 0 Å². The number of halogens is 1. The summed E-state index contributed by atoms with van der Waals surface area (Å²) in [5.41, 5.74) is 4.02. The maximum Gasteiger partial charge on any atom is 0.258 e. The van der Waals surface area contributed by atoms with E-state index < -0.39 is 8.32 Å². The molecule has 0 saturated carbocycles. The fraction of sp³-hybridized carbons (Fsp3) is 0.423. The molecule has 5 heteroatoms. The molecule has 0 saturated heterocycles. The van der Waals surface area contributed by atoms with E-state index in [0.717, 1.165) is 14.8 Å². The molecule has 2 aromatic rings. The van der Waals surface area contributed by atoms with Crippen LogP contribution in [0.5, 0.6) is 0 Å². The fourth-order valence-electron chi connectivity index (χ4n) is 4.73. The van der Waals surface area contributed by atoms with E-state index in [4.69, 9.17) is 4.43 Å². The molecule has 0 radical (unpaired) electrons. The fourth-order valence-corrected chi connectivity index (χ4v) is 10.9. The van der Waals surface area contributed by atoms with Crippen molar-refractivity contribution in [2.24, 2.45) is 0 Å².